The summed E-state index contributed by atoms with van der Waals surface area (Å²) in [4.78, 5) is 12.8. The van der Waals surface area contributed by atoms with Gasteiger partial charge in [0.2, 0.25) is 0 Å². The zero-order valence-corrected chi connectivity index (χ0v) is 17.4. The number of aryl methyl sites for hydroxylation is 2. The first-order chi connectivity index (χ1) is 12.1. The summed E-state index contributed by atoms with van der Waals surface area (Å²) >= 11 is 4.56. The van der Waals surface area contributed by atoms with E-state index < -0.39 is 0 Å². The third kappa shape index (κ3) is 6.93. The molecule has 0 spiro atoms. The van der Waals surface area contributed by atoms with Gasteiger partial charge in [-0.25, -0.2) is 9.10 Å². The first kappa shape index (κ1) is 21.9. The van der Waals surface area contributed by atoms with Gasteiger partial charge in [-0.3, -0.25) is 0 Å². The van der Waals surface area contributed by atoms with E-state index in [0.717, 1.165) is 44.2 Å². The molecule has 0 fully saturated rings. The number of carbonyl (C=O) groups excluding carboxylic acids is 1. The number of amides is 2. The maximum Gasteiger partial charge on any atom is 0.332 e. The third-order valence-corrected chi connectivity index (χ3v) is 5.14. The van der Waals surface area contributed by atoms with Crippen molar-refractivity contribution in [1.29, 1.82) is 0 Å². The van der Waals surface area contributed by atoms with Gasteiger partial charge >= 0.3 is 6.03 Å². The third-order valence-electron chi connectivity index (χ3n) is 4.76. The van der Waals surface area contributed by atoms with E-state index >= 15 is 0 Å². The van der Waals surface area contributed by atoms with E-state index in [1.807, 2.05) is 0 Å². The summed E-state index contributed by atoms with van der Waals surface area (Å²) in [5, 5.41) is 3.22. The van der Waals surface area contributed by atoms with E-state index in [1.165, 1.54) is 34.7 Å². The molecule has 0 aliphatic heterocycles. The van der Waals surface area contributed by atoms with Crippen LogP contribution in [-0.4, -0.2) is 12.1 Å². The zero-order chi connectivity index (χ0) is 18.7. The lowest BCUT2D eigenvalue weighted by Gasteiger charge is -2.26. The maximum atomic E-state index is 12.8. The van der Waals surface area contributed by atoms with Gasteiger partial charge in [0.25, 0.3) is 0 Å². The molecule has 25 heavy (non-hydrogen) atoms. The normalized spacial score (nSPS) is 12.0. The van der Waals surface area contributed by atoms with Gasteiger partial charge < -0.3 is 5.32 Å². The van der Waals surface area contributed by atoms with Gasteiger partial charge in [0.05, 0.1) is 5.69 Å². The van der Waals surface area contributed by atoms with Crippen LogP contribution in [0.1, 0.15) is 83.8 Å². The summed E-state index contributed by atoms with van der Waals surface area (Å²) in [6.45, 7) is 8.64. The Kier molecular flexibility index (Phi) is 10.7. The molecule has 3 nitrogen and oxygen atoms in total. The van der Waals surface area contributed by atoms with E-state index in [0.29, 0.717) is 0 Å². The number of benzene rings is 1. The zero-order valence-electron chi connectivity index (χ0n) is 16.5. The molecule has 1 aromatic carbocycles. The van der Waals surface area contributed by atoms with E-state index in [9.17, 15) is 4.79 Å². The van der Waals surface area contributed by atoms with Gasteiger partial charge in [0, 0.05) is 6.04 Å². The lowest BCUT2D eigenvalue weighted by Crippen LogP contribution is -2.41. The van der Waals surface area contributed by atoms with Crippen LogP contribution in [0.5, 0.6) is 0 Å². The topological polar surface area (TPSA) is 32.3 Å². The molecule has 0 saturated heterocycles. The van der Waals surface area contributed by atoms with Crippen LogP contribution in [0.2, 0.25) is 0 Å². The Balaban J connectivity index is 2.85. The molecule has 1 atom stereocenters. The highest BCUT2D eigenvalue weighted by molar-refractivity contribution is 7.82. The molecule has 0 radical (unpaired) electrons. The Morgan fingerprint density at radius 1 is 1.00 bits per heavy atom. The van der Waals surface area contributed by atoms with Crippen LogP contribution in [0.3, 0.4) is 0 Å². The molecule has 4 heteroatoms. The fourth-order valence-electron chi connectivity index (χ4n) is 3.20. The van der Waals surface area contributed by atoms with Gasteiger partial charge in [-0.2, -0.15) is 0 Å². The largest absolute Gasteiger partial charge is 0.334 e. The molecule has 0 aliphatic carbocycles. The average Bonchev–Trinajstić information content (AvgIpc) is 2.64. The molecule has 0 heterocycles. The molecule has 0 aliphatic rings. The van der Waals surface area contributed by atoms with Crippen molar-refractivity contribution in [3.8, 4) is 0 Å². The Bertz CT molecular complexity index is 496. The second-order valence-corrected chi connectivity index (χ2v) is 7.13. The maximum absolute atomic E-state index is 12.8. The second-order valence-electron chi connectivity index (χ2n) is 6.73. The number of anilines is 1. The summed E-state index contributed by atoms with van der Waals surface area (Å²) < 4.78 is 1.52. The highest BCUT2D eigenvalue weighted by atomic mass is 32.1. The van der Waals surface area contributed by atoms with Crippen molar-refractivity contribution < 1.29 is 4.79 Å². The fourth-order valence-corrected chi connectivity index (χ4v) is 3.52. The van der Waals surface area contributed by atoms with E-state index in [2.05, 4.69) is 64.0 Å². The second kappa shape index (κ2) is 12.2. The van der Waals surface area contributed by atoms with Crippen molar-refractivity contribution in [3.63, 3.8) is 0 Å². The Morgan fingerprint density at radius 2 is 1.56 bits per heavy atom. The SMILES string of the molecule is CCCCCC(CCCC)NC(=O)N(S)c1c(CC)cccc1CC. The molecule has 0 bridgehead atoms. The predicted octanol–water partition coefficient (Wildman–Crippen LogP) is 6.31. The van der Waals surface area contributed by atoms with Gasteiger partial charge in [-0.1, -0.05) is 90.8 Å². The van der Waals surface area contributed by atoms with Crippen molar-refractivity contribution in [2.24, 2.45) is 0 Å². The monoisotopic (exact) mass is 364 g/mol. The summed E-state index contributed by atoms with van der Waals surface area (Å²) in [5.41, 5.74) is 3.29. The first-order valence-electron chi connectivity index (χ1n) is 9.99. The van der Waals surface area contributed by atoms with Crippen LogP contribution in [0.25, 0.3) is 0 Å². The van der Waals surface area contributed by atoms with Crippen molar-refractivity contribution in [2.75, 3.05) is 4.31 Å². The fraction of sp³-hybridized carbons (Fsp3) is 0.667. The van der Waals surface area contributed by atoms with Gasteiger partial charge in [-0.15, -0.1) is 0 Å². The number of nitrogens with zero attached hydrogens (tertiary/aromatic N) is 1. The van der Waals surface area contributed by atoms with Gasteiger partial charge in [0.1, 0.15) is 0 Å². The molecule has 1 aromatic rings. The standard InChI is InChI=1S/C21H36N2OS/c1-5-9-11-16-19(15-10-6-2)22-21(24)23(25)20-17(7-3)13-12-14-18(20)8-4/h12-14,19,25H,5-11,15-16H2,1-4H3,(H,22,24). The van der Waals surface area contributed by atoms with Crippen molar-refractivity contribution >= 4 is 24.5 Å². The minimum absolute atomic E-state index is 0.100. The molecule has 1 rings (SSSR count). The predicted molar refractivity (Wildman–Crippen MR) is 113 cm³/mol. The average molecular weight is 365 g/mol. The van der Waals surface area contributed by atoms with Crippen LogP contribution in [0, 0.1) is 0 Å². The van der Waals surface area contributed by atoms with Gasteiger partial charge in [0.15, 0.2) is 0 Å². The highest BCUT2D eigenvalue weighted by Gasteiger charge is 2.20. The number of rotatable bonds is 11. The number of hydrogen-bond acceptors (Lipinski definition) is 2. The quantitative estimate of drug-likeness (QED) is 0.350. The number of para-hydroxylation sites is 1. The number of nitrogens with one attached hydrogen (secondary N) is 1. The first-order valence-corrected chi connectivity index (χ1v) is 10.4. The Labute approximate surface area is 160 Å². The minimum Gasteiger partial charge on any atom is -0.334 e. The van der Waals surface area contributed by atoms with Crippen molar-refractivity contribution in [1.82, 2.24) is 5.32 Å². The summed E-state index contributed by atoms with van der Waals surface area (Å²) in [6, 6.07) is 6.38. The minimum atomic E-state index is -0.100. The lowest BCUT2D eigenvalue weighted by atomic mass is 10.0. The number of urea groups is 1. The van der Waals surface area contributed by atoms with Crippen LogP contribution >= 0.6 is 12.8 Å². The highest BCUT2D eigenvalue weighted by Crippen LogP contribution is 2.28. The molecule has 142 valence electrons. The Morgan fingerprint density at radius 3 is 2.08 bits per heavy atom. The van der Waals surface area contributed by atoms with Crippen LogP contribution in [-0.2, 0) is 12.8 Å². The van der Waals surface area contributed by atoms with Crippen molar-refractivity contribution in [3.05, 3.63) is 29.3 Å². The van der Waals surface area contributed by atoms with Crippen LogP contribution in [0.4, 0.5) is 10.5 Å². The molecule has 2 amide bonds. The number of thiol groups is 1. The smallest absolute Gasteiger partial charge is 0.332 e. The summed E-state index contributed by atoms with van der Waals surface area (Å²) in [7, 11) is 0. The molecule has 0 aromatic heterocycles. The van der Waals surface area contributed by atoms with Gasteiger partial charge in [-0.05, 0) is 36.8 Å². The van der Waals surface area contributed by atoms with E-state index in [4.69, 9.17) is 0 Å². The van der Waals surface area contributed by atoms with E-state index in [1.54, 1.807) is 0 Å². The number of carbonyl (C=O) groups is 1. The molecule has 1 unspecified atom stereocenters. The van der Waals surface area contributed by atoms with Crippen LogP contribution < -0.4 is 9.62 Å². The Hall–Kier alpha value is -1.16. The van der Waals surface area contributed by atoms with Crippen LogP contribution in [0.15, 0.2) is 18.2 Å². The molecule has 1 N–H and O–H groups in total. The number of hydrogen-bond donors (Lipinski definition) is 2. The number of unbranched alkanes of at least 4 members (excludes halogenated alkanes) is 3. The van der Waals surface area contributed by atoms with E-state index in [-0.39, 0.29) is 12.1 Å². The van der Waals surface area contributed by atoms with Crippen molar-refractivity contribution in [2.45, 2.75) is 91.5 Å². The summed E-state index contributed by atoms with van der Waals surface area (Å²) in [6.07, 6.45) is 9.79. The molecular weight excluding hydrogens is 328 g/mol. The summed E-state index contributed by atoms with van der Waals surface area (Å²) in [5.74, 6) is 0. The lowest BCUT2D eigenvalue weighted by molar-refractivity contribution is 0.244. The molecule has 0 saturated carbocycles. The molecular formula is C21H36N2OS.